The molecule has 0 spiro atoms. The van der Waals surface area contributed by atoms with Crippen molar-refractivity contribution < 1.29 is 27.5 Å². The second-order valence-electron chi connectivity index (χ2n) is 7.67. The fourth-order valence-corrected chi connectivity index (χ4v) is 6.31. The number of esters is 1. The van der Waals surface area contributed by atoms with Gasteiger partial charge in [0.05, 0.1) is 17.6 Å². The lowest BCUT2D eigenvalue weighted by atomic mass is 10.1. The molecule has 0 aromatic heterocycles. The van der Waals surface area contributed by atoms with Crippen LogP contribution in [0.4, 0.5) is 0 Å². The molecule has 1 aliphatic rings. The molecule has 2 aromatic carbocycles. The number of Topliss-reactive ketones (excluding diaryl/α,β-unsaturated/α-hetero) is 1. The molecule has 6 nitrogen and oxygen atoms in total. The Morgan fingerprint density at radius 2 is 1.70 bits per heavy atom. The lowest BCUT2D eigenvalue weighted by Gasteiger charge is -2.27. The molecule has 2 aromatic rings. The van der Waals surface area contributed by atoms with Crippen molar-refractivity contribution in [3.63, 3.8) is 0 Å². The lowest BCUT2D eigenvalue weighted by molar-refractivity contribution is -0.145. The number of aryl methyl sites for hydroxylation is 2. The largest absolute Gasteiger partial charge is 0.496 e. The standard InChI is InChI=1S/C23H26O6S/c1-16-10-11-17(2)21(14-16)30(26,27)23(12-6-7-13-23)22(25)29-15-19(24)18-8-4-5-9-20(18)28-3/h4-5,8-11,14H,6-7,12-13,15H2,1-3H3. The average Bonchev–Trinajstić information content (AvgIpc) is 3.25. The summed E-state index contributed by atoms with van der Waals surface area (Å²) in [5, 5.41) is 0. The quantitative estimate of drug-likeness (QED) is 0.490. The molecule has 160 valence electrons. The number of carbonyl (C=O) groups excluding carboxylic acids is 2. The number of methoxy groups -OCH3 is 1. The van der Waals surface area contributed by atoms with E-state index in [4.69, 9.17) is 9.47 Å². The van der Waals surface area contributed by atoms with Crippen molar-refractivity contribution in [1.29, 1.82) is 0 Å². The summed E-state index contributed by atoms with van der Waals surface area (Å²) in [5.74, 6) is -0.931. The number of ketones is 1. The highest BCUT2D eigenvalue weighted by Crippen LogP contribution is 2.42. The van der Waals surface area contributed by atoms with Gasteiger partial charge < -0.3 is 9.47 Å². The van der Waals surface area contributed by atoms with E-state index < -0.39 is 32.9 Å². The van der Waals surface area contributed by atoms with Crippen molar-refractivity contribution in [2.45, 2.75) is 49.2 Å². The Balaban J connectivity index is 1.88. The molecule has 0 heterocycles. The van der Waals surface area contributed by atoms with Crippen LogP contribution in [0.1, 0.15) is 47.2 Å². The van der Waals surface area contributed by atoms with E-state index in [9.17, 15) is 18.0 Å². The van der Waals surface area contributed by atoms with Crippen LogP contribution in [0.3, 0.4) is 0 Å². The summed E-state index contributed by atoms with van der Waals surface area (Å²) in [6, 6.07) is 11.8. The number of para-hydroxylation sites is 1. The first-order valence-electron chi connectivity index (χ1n) is 9.88. The number of carbonyl (C=O) groups is 2. The summed E-state index contributed by atoms with van der Waals surface area (Å²) >= 11 is 0. The number of hydrogen-bond donors (Lipinski definition) is 0. The second-order valence-corrected chi connectivity index (χ2v) is 9.90. The summed E-state index contributed by atoms with van der Waals surface area (Å²) in [6.45, 7) is 2.98. The molecule has 1 fully saturated rings. The van der Waals surface area contributed by atoms with Crippen LogP contribution >= 0.6 is 0 Å². The van der Waals surface area contributed by atoms with Crippen LogP contribution in [0.2, 0.25) is 0 Å². The van der Waals surface area contributed by atoms with E-state index in [1.165, 1.54) is 7.11 Å². The third kappa shape index (κ3) is 3.86. The molecular weight excluding hydrogens is 404 g/mol. The highest BCUT2D eigenvalue weighted by atomic mass is 32.2. The Kier molecular flexibility index (Phi) is 6.31. The fourth-order valence-electron chi connectivity index (χ4n) is 3.95. The zero-order valence-corrected chi connectivity index (χ0v) is 18.3. The molecule has 0 bridgehead atoms. The van der Waals surface area contributed by atoms with Crippen molar-refractivity contribution in [2.75, 3.05) is 13.7 Å². The summed E-state index contributed by atoms with van der Waals surface area (Å²) < 4.78 is 36.0. The Morgan fingerprint density at radius 3 is 2.37 bits per heavy atom. The third-order valence-corrected chi connectivity index (χ3v) is 8.30. The monoisotopic (exact) mass is 430 g/mol. The molecule has 1 aliphatic carbocycles. The summed E-state index contributed by atoms with van der Waals surface area (Å²) in [6.07, 6.45) is 1.59. The van der Waals surface area contributed by atoms with Crippen LogP contribution < -0.4 is 4.74 Å². The Labute approximate surface area is 177 Å². The van der Waals surface area contributed by atoms with Crippen molar-refractivity contribution in [1.82, 2.24) is 0 Å². The van der Waals surface area contributed by atoms with E-state index in [2.05, 4.69) is 0 Å². The summed E-state index contributed by atoms with van der Waals surface area (Å²) in [5.41, 5.74) is 1.67. The van der Waals surface area contributed by atoms with Crippen LogP contribution in [-0.4, -0.2) is 38.6 Å². The first-order valence-corrected chi connectivity index (χ1v) is 11.4. The SMILES string of the molecule is COc1ccccc1C(=O)COC(=O)C1(S(=O)(=O)c2cc(C)ccc2C)CCCC1. The van der Waals surface area contributed by atoms with Crippen LogP contribution in [0.15, 0.2) is 47.4 Å². The van der Waals surface area contributed by atoms with E-state index in [1.54, 1.807) is 43.3 Å². The first-order chi connectivity index (χ1) is 14.2. The average molecular weight is 431 g/mol. The van der Waals surface area contributed by atoms with E-state index >= 15 is 0 Å². The molecular formula is C23H26O6S. The molecule has 0 N–H and O–H groups in total. The topological polar surface area (TPSA) is 86.7 Å². The molecule has 3 rings (SSSR count). The van der Waals surface area contributed by atoms with Gasteiger partial charge in [0.25, 0.3) is 0 Å². The van der Waals surface area contributed by atoms with Crippen LogP contribution in [0.25, 0.3) is 0 Å². The molecule has 7 heteroatoms. The van der Waals surface area contributed by atoms with E-state index in [0.717, 1.165) is 5.56 Å². The number of ether oxygens (including phenoxy) is 2. The van der Waals surface area contributed by atoms with Gasteiger partial charge in [-0.2, -0.15) is 0 Å². The van der Waals surface area contributed by atoms with Gasteiger partial charge in [0, 0.05) is 0 Å². The maximum Gasteiger partial charge on any atom is 0.328 e. The maximum absolute atomic E-state index is 13.6. The highest BCUT2D eigenvalue weighted by Gasteiger charge is 2.54. The molecule has 0 unspecified atom stereocenters. The fraction of sp³-hybridized carbons (Fsp3) is 0.391. The third-order valence-electron chi connectivity index (χ3n) is 5.67. The molecule has 0 amide bonds. The Bertz CT molecular complexity index is 1060. The van der Waals surface area contributed by atoms with Gasteiger partial charge >= 0.3 is 5.97 Å². The Hall–Kier alpha value is -2.67. The van der Waals surface area contributed by atoms with Crippen LogP contribution in [-0.2, 0) is 19.4 Å². The molecule has 0 atom stereocenters. The molecule has 0 aliphatic heterocycles. The predicted octanol–water partition coefficient (Wildman–Crippen LogP) is 3.82. The van der Waals surface area contributed by atoms with Gasteiger partial charge in [0.15, 0.2) is 21.2 Å². The number of rotatable bonds is 7. The molecule has 1 saturated carbocycles. The van der Waals surface area contributed by atoms with Crippen molar-refractivity contribution in [2.24, 2.45) is 0 Å². The maximum atomic E-state index is 13.6. The van der Waals surface area contributed by atoms with Crippen LogP contribution in [0, 0.1) is 13.8 Å². The Morgan fingerprint density at radius 1 is 1.03 bits per heavy atom. The molecule has 0 radical (unpaired) electrons. The van der Waals surface area contributed by atoms with E-state index in [0.29, 0.717) is 24.2 Å². The zero-order valence-electron chi connectivity index (χ0n) is 17.4. The van der Waals surface area contributed by atoms with Gasteiger partial charge in [-0.15, -0.1) is 0 Å². The van der Waals surface area contributed by atoms with Gasteiger partial charge in [-0.1, -0.05) is 37.1 Å². The van der Waals surface area contributed by atoms with Gasteiger partial charge in [0.2, 0.25) is 5.78 Å². The minimum atomic E-state index is -3.99. The minimum Gasteiger partial charge on any atom is -0.496 e. The second kappa shape index (κ2) is 8.60. The summed E-state index contributed by atoms with van der Waals surface area (Å²) in [4.78, 5) is 25.8. The summed E-state index contributed by atoms with van der Waals surface area (Å²) in [7, 11) is -2.54. The molecule has 30 heavy (non-hydrogen) atoms. The number of sulfone groups is 1. The van der Waals surface area contributed by atoms with Crippen LogP contribution in [0.5, 0.6) is 5.75 Å². The van der Waals surface area contributed by atoms with Crippen molar-refractivity contribution in [3.05, 3.63) is 59.2 Å². The van der Waals surface area contributed by atoms with Crippen molar-refractivity contribution in [3.8, 4) is 5.75 Å². The predicted molar refractivity (Wildman–Crippen MR) is 113 cm³/mol. The van der Waals surface area contributed by atoms with Gasteiger partial charge in [-0.05, 0) is 56.0 Å². The number of hydrogen-bond acceptors (Lipinski definition) is 6. The van der Waals surface area contributed by atoms with Gasteiger partial charge in [-0.3, -0.25) is 9.59 Å². The lowest BCUT2D eigenvalue weighted by Crippen LogP contribution is -2.46. The normalized spacial score (nSPS) is 15.6. The van der Waals surface area contributed by atoms with E-state index in [1.807, 2.05) is 13.0 Å². The highest BCUT2D eigenvalue weighted by molar-refractivity contribution is 7.93. The van der Waals surface area contributed by atoms with Gasteiger partial charge in [0.1, 0.15) is 5.75 Å². The van der Waals surface area contributed by atoms with Crippen molar-refractivity contribution >= 4 is 21.6 Å². The van der Waals surface area contributed by atoms with E-state index in [-0.39, 0.29) is 23.3 Å². The zero-order chi connectivity index (χ0) is 21.9. The number of benzene rings is 2. The molecule has 0 saturated heterocycles. The minimum absolute atomic E-state index is 0.150. The van der Waals surface area contributed by atoms with Gasteiger partial charge in [-0.25, -0.2) is 8.42 Å². The first kappa shape index (κ1) is 22.0. The smallest absolute Gasteiger partial charge is 0.328 e.